The molecule has 0 aliphatic rings. The molecule has 0 saturated heterocycles. The van der Waals surface area contributed by atoms with Crippen LogP contribution in [0.25, 0.3) is 0 Å². The van der Waals surface area contributed by atoms with E-state index in [4.69, 9.17) is 16.4 Å². The van der Waals surface area contributed by atoms with Crippen LogP contribution < -0.4 is 14.9 Å². The van der Waals surface area contributed by atoms with Crippen LogP contribution in [0.15, 0.2) is 36.4 Å². The Balaban J connectivity index is 2.37. The minimum Gasteiger partial charge on any atom is -0.277 e. The van der Waals surface area contributed by atoms with Gasteiger partial charge in [-0.15, -0.1) is 11.6 Å². The fourth-order valence-corrected chi connectivity index (χ4v) is 1.79. The van der Waals surface area contributed by atoms with Crippen molar-refractivity contribution in [1.29, 1.82) is 0 Å². The molecule has 0 atom stereocenters. The molecule has 0 saturated carbocycles. The summed E-state index contributed by atoms with van der Waals surface area (Å²) >= 11 is 5.47. The van der Waals surface area contributed by atoms with Crippen molar-refractivity contribution in [1.82, 2.24) is 4.98 Å². The Labute approximate surface area is 122 Å². The second kappa shape index (κ2) is 6.34. The first-order chi connectivity index (χ1) is 9.60. The second-order valence-corrected chi connectivity index (χ2v) is 4.51. The molecule has 0 unspecified atom stereocenters. The maximum absolute atomic E-state index is 11.4. The van der Waals surface area contributed by atoms with E-state index in [1.165, 1.54) is 4.73 Å². The van der Waals surface area contributed by atoms with E-state index in [-0.39, 0.29) is 5.88 Å². The Bertz CT molecular complexity index is 617. The zero-order valence-corrected chi connectivity index (χ0v) is 12.0. The number of aryl methyl sites for hydroxylation is 2. The first-order valence-corrected chi connectivity index (χ1v) is 6.63. The summed E-state index contributed by atoms with van der Waals surface area (Å²) in [4.78, 5) is 20.9. The van der Waals surface area contributed by atoms with Gasteiger partial charge in [-0.1, -0.05) is 23.2 Å². The molecule has 20 heavy (non-hydrogen) atoms. The number of benzene rings is 1. The summed E-state index contributed by atoms with van der Waals surface area (Å²) in [6, 6.07) is 11.3. The Morgan fingerprint density at radius 1 is 1.35 bits per heavy atom. The monoisotopic (exact) mass is 292 g/mol. The maximum atomic E-state index is 11.4. The Kier molecular flexibility index (Phi) is 4.53. The summed E-state index contributed by atoms with van der Waals surface area (Å²) in [5.74, 6) is -0.334. The van der Waals surface area contributed by atoms with Crippen LogP contribution in [0.2, 0.25) is 0 Å². The van der Waals surface area contributed by atoms with Crippen molar-refractivity contribution in [3.8, 4) is 0 Å². The van der Waals surface area contributed by atoms with E-state index in [1.54, 1.807) is 0 Å². The third-order valence-electron chi connectivity index (χ3n) is 2.54. The van der Waals surface area contributed by atoms with E-state index >= 15 is 0 Å². The van der Waals surface area contributed by atoms with Gasteiger partial charge in [-0.2, -0.15) is 0 Å². The van der Waals surface area contributed by atoms with E-state index in [0.717, 1.165) is 17.1 Å². The molecule has 5 nitrogen and oxygen atoms in total. The molecule has 2 rings (SSSR count). The lowest BCUT2D eigenvalue weighted by atomic mass is 10.3. The van der Waals surface area contributed by atoms with Crippen molar-refractivity contribution < 1.29 is 14.4 Å². The zero-order chi connectivity index (χ0) is 14.5. The van der Waals surface area contributed by atoms with Gasteiger partial charge < -0.3 is 0 Å². The number of rotatable bonds is 4. The molecular formula is C14H15ClN3O2+. The third-order valence-corrected chi connectivity index (χ3v) is 2.76. The molecular weight excluding hydrogens is 278 g/mol. The van der Waals surface area contributed by atoms with E-state index in [2.05, 4.69) is 10.3 Å². The first-order valence-electron chi connectivity index (χ1n) is 6.09. The highest BCUT2D eigenvalue weighted by Crippen LogP contribution is 2.11. The average molecular weight is 293 g/mol. The van der Waals surface area contributed by atoms with Crippen molar-refractivity contribution in [3.05, 3.63) is 47.8 Å². The molecule has 104 valence electrons. The van der Waals surface area contributed by atoms with E-state index in [0.29, 0.717) is 5.95 Å². The van der Waals surface area contributed by atoms with Gasteiger partial charge in [0.1, 0.15) is 17.3 Å². The smallest absolute Gasteiger partial charge is 0.277 e. The van der Waals surface area contributed by atoms with Crippen LogP contribution in [0, 0.1) is 13.8 Å². The van der Waals surface area contributed by atoms with Crippen LogP contribution in [0.3, 0.4) is 0 Å². The quantitative estimate of drug-likeness (QED) is 0.691. The highest BCUT2D eigenvalue weighted by atomic mass is 35.5. The number of carbonyl (C=O) groups is 1. The highest BCUT2D eigenvalue weighted by Gasteiger charge is 2.20. The van der Waals surface area contributed by atoms with Crippen molar-refractivity contribution in [3.63, 3.8) is 0 Å². The van der Waals surface area contributed by atoms with Crippen molar-refractivity contribution in [2.45, 2.75) is 13.8 Å². The topological polar surface area (TPSA) is 55.1 Å². The predicted molar refractivity (Wildman–Crippen MR) is 75.9 cm³/mol. The van der Waals surface area contributed by atoms with Crippen LogP contribution >= 0.6 is 11.6 Å². The normalized spacial score (nSPS) is 10.2. The van der Waals surface area contributed by atoms with Gasteiger partial charge in [0.05, 0.1) is 5.69 Å². The summed E-state index contributed by atoms with van der Waals surface area (Å²) in [6.07, 6.45) is 0. The first kappa shape index (κ1) is 14.3. The molecule has 0 aliphatic heterocycles. The largest absolute Gasteiger partial charge is 0.434 e. The molecule has 1 heterocycles. The molecule has 0 fully saturated rings. The molecule has 1 N–H and O–H groups in total. The van der Waals surface area contributed by atoms with Crippen LogP contribution in [0.4, 0.5) is 11.6 Å². The van der Waals surface area contributed by atoms with Crippen molar-refractivity contribution in [2.24, 2.45) is 0 Å². The third kappa shape index (κ3) is 3.45. The number of para-hydroxylation sites is 1. The number of aromatic nitrogens is 2. The minimum absolute atomic E-state index is 0.217. The number of alkyl halides is 1. The van der Waals surface area contributed by atoms with Crippen LogP contribution in [0.1, 0.15) is 11.4 Å². The molecule has 0 radical (unpaired) electrons. The lowest BCUT2D eigenvalue weighted by Gasteiger charge is -2.08. The molecule has 2 aromatic rings. The van der Waals surface area contributed by atoms with Crippen LogP contribution in [0.5, 0.6) is 0 Å². The van der Waals surface area contributed by atoms with Gasteiger partial charge in [0.2, 0.25) is 0 Å². The van der Waals surface area contributed by atoms with Crippen molar-refractivity contribution >= 4 is 29.2 Å². The van der Waals surface area contributed by atoms with Gasteiger partial charge in [0.15, 0.2) is 0 Å². The SMILES string of the molecule is Cc1cc(C)[n+](OC(=O)CCl)c(Nc2ccccc2)n1. The van der Waals surface area contributed by atoms with Crippen LogP contribution in [-0.2, 0) is 4.79 Å². The molecule has 6 heteroatoms. The standard InChI is InChI=1S/C14H14ClN3O2/c1-10-8-11(2)18(20-13(19)9-15)14(16-10)17-12-6-4-3-5-7-12/h3-8H,9H2,1-2H3/p+1. The molecule has 0 aliphatic carbocycles. The van der Waals surface area contributed by atoms with E-state index in [1.807, 2.05) is 50.2 Å². The summed E-state index contributed by atoms with van der Waals surface area (Å²) in [7, 11) is 0. The number of anilines is 2. The van der Waals surface area contributed by atoms with Gasteiger partial charge in [0, 0.05) is 6.07 Å². The van der Waals surface area contributed by atoms with E-state index in [9.17, 15) is 4.79 Å². The van der Waals surface area contributed by atoms with Gasteiger partial charge in [-0.25, -0.2) is 10.1 Å². The number of hydrogen-bond acceptors (Lipinski definition) is 4. The summed E-state index contributed by atoms with van der Waals surface area (Å²) in [6.45, 7) is 3.70. The molecule has 1 aromatic carbocycles. The maximum Gasteiger partial charge on any atom is 0.434 e. The fraction of sp³-hybridized carbons (Fsp3) is 0.214. The van der Waals surface area contributed by atoms with Crippen molar-refractivity contribution in [2.75, 3.05) is 11.2 Å². The fourth-order valence-electron chi connectivity index (χ4n) is 1.74. The van der Waals surface area contributed by atoms with Gasteiger partial charge in [-0.3, -0.25) is 4.84 Å². The molecule has 0 spiro atoms. The average Bonchev–Trinajstić information content (AvgIpc) is 2.43. The molecule has 1 aromatic heterocycles. The lowest BCUT2D eigenvalue weighted by Crippen LogP contribution is -2.51. The van der Waals surface area contributed by atoms with Gasteiger partial charge in [-0.05, 0) is 30.7 Å². The number of hydrogen-bond donors (Lipinski definition) is 1. The number of carbonyl (C=O) groups excluding carboxylic acids is 1. The number of halogens is 1. The number of nitrogens with one attached hydrogen (secondary N) is 1. The Morgan fingerprint density at radius 2 is 2.05 bits per heavy atom. The Hall–Kier alpha value is -2.14. The van der Waals surface area contributed by atoms with Gasteiger partial charge in [0.25, 0.3) is 0 Å². The number of nitrogens with zero attached hydrogens (tertiary/aromatic N) is 2. The van der Waals surface area contributed by atoms with Gasteiger partial charge >= 0.3 is 11.9 Å². The minimum atomic E-state index is -0.540. The molecule has 0 amide bonds. The lowest BCUT2D eigenvalue weighted by molar-refractivity contribution is -0.863. The summed E-state index contributed by atoms with van der Waals surface area (Å²) < 4.78 is 1.34. The summed E-state index contributed by atoms with van der Waals surface area (Å²) in [5, 5.41) is 3.12. The second-order valence-electron chi connectivity index (χ2n) is 4.24. The summed E-state index contributed by atoms with van der Waals surface area (Å²) in [5.41, 5.74) is 2.41. The molecule has 0 bridgehead atoms. The van der Waals surface area contributed by atoms with Crippen LogP contribution in [-0.4, -0.2) is 16.8 Å². The highest BCUT2D eigenvalue weighted by molar-refractivity contribution is 6.26. The Morgan fingerprint density at radius 3 is 2.70 bits per heavy atom. The zero-order valence-electron chi connectivity index (χ0n) is 11.3. The predicted octanol–water partition coefficient (Wildman–Crippen LogP) is 1.92. The van der Waals surface area contributed by atoms with E-state index < -0.39 is 5.97 Å².